The van der Waals surface area contributed by atoms with Gasteiger partial charge in [-0.15, -0.1) is 11.6 Å². The number of amides is 1. The Bertz CT molecular complexity index is 422. The Hall–Kier alpha value is -0.930. The third-order valence-corrected chi connectivity index (χ3v) is 3.11. The molecule has 1 aromatic carbocycles. The number of hydrogen-bond acceptors (Lipinski definition) is 2. The summed E-state index contributed by atoms with van der Waals surface area (Å²) in [7, 11) is 1.55. The molecule has 0 radical (unpaired) electrons. The minimum absolute atomic E-state index is 0.0289. The molecule has 1 heterocycles. The zero-order valence-electron chi connectivity index (χ0n) is 8.74. The van der Waals surface area contributed by atoms with Crippen molar-refractivity contribution in [2.45, 2.75) is 11.8 Å². The van der Waals surface area contributed by atoms with Crippen molar-refractivity contribution in [3.05, 3.63) is 23.2 Å². The molecule has 1 aliphatic rings. The fourth-order valence-electron chi connectivity index (χ4n) is 1.74. The molecule has 1 saturated heterocycles. The van der Waals surface area contributed by atoms with Crippen molar-refractivity contribution in [1.82, 2.24) is 0 Å². The van der Waals surface area contributed by atoms with Gasteiger partial charge >= 0.3 is 0 Å². The van der Waals surface area contributed by atoms with Crippen LogP contribution in [0.5, 0.6) is 5.75 Å². The van der Waals surface area contributed by atoms with Gasteiger partial charge in [-0.05, 0) is 18.2 Å². The van der Waals surface area contributed by atoms with E-state index in [-0.39, 0.29) is 11.3 Å². The summed E-state index contributed by atoms with van der Waals surface area (Å²) in [6.07, 6.45) is 0.380. The standard InChI is InChI=1S/C11H11Cl2NO2/c1-16-10-3-2-8(5-9(10)13)14-6-7(12)4-11(14)15/h2-3,5,7H,4,6H2,1H3. The average molecular weight is 260 g/mol. The maximum Gasteiger partial charge on any atom is 0.228 e. The first kappa shape index (κ1) is 11.6. The first-order chi connectivity index (χ1) is 7.61. The van der Waals surface area contributed by atoms with Gasteiger partial charge in [0.15, 0.2) is 0 Å². The second-order valence-electron chi connectivity index (χ2n) is 3.62. The van der Waals surface area contributed by atoms with Crippen LogP contribution in [0.15, 0.2) is 18.2 Å². The van der Waals surface area contributed by atoms with Gasteiger partial charge in [0.25, 0.3) is 0 Å². The molecule has 0 aromatic heterocycles. The van der Waals surface area contributed by atoms with E-state index in [4.69, 9.17) is 27.9 Å². The van der Waals surface area contributed by atoms with E-state index in [0.717, 1.165) is 5.69 Å². The van der Waals surface area contributed by atoms with Gasteiger partial charge < -0.3 is 9.64 Å². The summed E-state index contributed by atoms with van der Waals surface area (Å²) in [6.45, 7) is 0.531. The van der Waals surface area contributed by atoms with Crippen LogP contribution in [0.1, 0.15) is 6.42 Å². The largest absolute Gasteiger partial charge is 0.495 e. The number of hydrogen-bond donors (Lipinski definition) is 0. The molecule has 5 heteroatoms. The summed E-state index contributed by atoms with van der Waals surface area (Å²) in [5, 5.41) is 0.374. The molecular formula is C11H11Cl2NO2. The lowest BCUT2D eigenvalue weighted by Crippen LogP contribution is -2.24. The van der Waals surface area contributed by atoms with E-state index < -0.39 is 0 Å². The normalized spacial score (nSPS) is 20.3. The Morgan fingerprint density at radius 3 is 2.75 bits per heavy atom. The molecule has 0 spiro atoms. The maximum atomic E-state index is 11.6. The van der Waals surface area contributed by atoms with Crippen LogP contribution in [0.4, 0.5) is 5.69 Å². The molecule has 1 aromatic rings. The molecule has 1 fully saturated rings. The lowest BCUT2D eigenvalue weighted by Gasteiger charge is -2.16. The van der Waals surface area contributed by atoms with Crippen molar-refractivity contribution in [2.75, 3.05) is 18.6 Å². The van der Waals surface area contributed by atoms with E-state index >= 15 is 0 Å². The Morgan fingerprint density at radius 1 is 1.50 bits per heavy atom. The lowest BCUT2D eigenvalue weighted by atomic mass is 10.3. The zero-order valence-corrected chi connectivity index (χ0v) is 10.3. The minimum Gasteiger partial charge on any atom is -0.495 e. The molecule has 16 heavy (non-hydrogen) atoms. The van der Waals surface area contributed by atoms with Gasteiger partial charge in [0.2, 0.25) is 5.91 Å². The third kappa shape index (κ3) is 2.11. The van der Waals surface area contributed by atoms with Gasteiger partial charge in [-0.25, -0.2) is 0 Å². The molecule has 86 valence electrons. The monoisotopic (exact) mass is 259 g/mol. The Kier molecular flexibility index (Phi) is 3.26. The lowest BCUT2D eigenvalue weighted by molar-refractivity contribution is -0.117. The Morgan fingerprint density at radius 2 is 2.25 bits per heavy atom. The SMILES string of the molecule is COc1ccc(N2CC(Cl)CC2=O)cc1Cl. The first-order valence-electron chi connectivity index (χ1n) is 4.90. The smallest absolute Gasteiger partial charge is 0.228 e. The second kappa shape index (κ2) is 4.52. The van der Waals surface area contributed by atoms with Gasteiger partial charge in [-0.1, -0.05) is 11.6 Å². The van der Waals surface area contributed by atoms with Crippen molar-refractivity contribution in [1.29, 1.82) is 0 Å². The van der Waals surface area contributed by atoms with Crippen molar-refractivity contribution >= 4 is 34.8 Å². The highest BCUT2D eigenvalue weighted by Crippen LogP contribution is 2.31. The highest BCUT2D eigenvalue weighted by atomic mass is 35.5. The summed E-state index contributed by atoms with van der Waals surface area (Å²) in [6, 6.07) is 5.26. The summed E-state index contributed by atoms with van der Waals surface area (Å²) in [5.74, 6) is 0.626. The maximum absolute atomic E-state index is 11.6. The predicted octanol–water partition coefficient (Wildman–Crippen LogP) is 2.69. The molecule has 0 saturated carbocycles. The molecule has 3 nitrogen and oxygen atoms in total. The first-order valence-corrected chi connectivity index (χ1v) is 5.71. The molecule has 1 unspecified atom stereocenters. The van der Waals surface area contributed by atoms with E-state index in [1.54, 1.807) is 30.2 Å². The second-order valence-corrected chi connectivity index (χ2v) is 4.65. The topological polar surface area (TPSA) is 29.5 Å². The van der Waals surface area contributed by atoms with E-state index in [1.807, 2.05) is 0 Å². The van der Waals surface area contributed by atoms with Crippen LogP contribution in [0.3, 0.4) is 0 Å². The van der Waals surface area contributed by atoms with Crippen molar-refractivity contribution < 1.29 is 9.53 Å². The number of alkyl halides is 1. The van der Waals surface area contributed by atoms with Crippen LogP contribution in [0.2, 0.25) is 5.02 Å². The minimum atomic E-state index is -0.117. The van der Waals surface area contributed by atoms with Crippen molar-refractivity contribution in [3.63, 3.8) is 0 Å². The number of benzene rings is 1. The third-order valence-electron chi connectivity index (χ3n) is 2.52. The molecule has 1 atom stereocenters. The molecular weight excluding hydrogens is 249 g/mol. The van der Waals surface area contributed by atoms with Crippen LogP contribution in [0, 0.1) is 0 Å². The average Bonchev–Trinajstić information content (AvgIpc) is 2.58. The molecule has 0 bridgehead atoms. The van der Waals surface area contributed by atoms with Gasteiger partial charge in [-0.3, -0.25) is 4.79 Å². The number of ether oxygens (including phenoxy) is 1. The summed E-state index contributed by atoms with van der Waals surface area (Å²) in [5.41, 5.74) is 0.763. The number of methoxy groups -OCH3 is 1. The summed E-state index contributed by atoms with van der Waals surface area (Å²) in [4.78, 5) is 13.3. The van der Waals surface area contributed by atoms with Gasteiger partial charge in [0.1, 0.15) is 5.75 Å². The number of nitrogens with zero attached hydrogens (tertiary/aromatic N) is 1. The van der Waals surface area contributed by atoms with E-state index in [0.29, 0.717) is 23.7 Å². The predicted molar refractivity (Wildman–Crippen MR) is 64.6 cm³/mol. The van der Waals surface area contributed by atoms with Crippen molar-refractivity contribution in [3.8, 4) is 5.75 Å². The molecule has 2 rings (SSSR count). The van der Waals surface area contributed by atoms with Crippen molar-refractivity contribution in [2.24, 2.45) is 0 Å². The fourth-order valence-corrected chi connectivity index (χ4v) is 2.26. The molecule has 1 amide bonds. The van der Waals surface area contributed by atoms with E-state index in [1.165, 1.54) is 0 Å². The fraction of sp³-hybridized carbons (Fsp3) is 0.364. The van der Waals surface area contributed by atoms with Gasteiger partial charge in [0, 0.05) is 18.7 Å². The highest BCUT2D eigenvalue weighted by molar-refractivity contribution is 6.32. The number of anilines is 1. The van der Waals surface area contributed by atoms with Gasteiger partial charge in [-0.2, -0.15) is 0 Å². The van der Waals surface area contributed by atoms with Crippen LogP contribution in [-0.4, -0.2) is 24.9 Å². The van der Waals surface area contributed by atoms with Crippen LogP contribution < -0.4 is 9.64 Å². The van der Waals surface area contributed by atoms with E-state index in [9.17, 15) is 4.79 Å². The van der Waals surface area contributed by atoms with Gasteiger partial charge in [0.05, 0.1) is 17.5 Å². The molecule has 0 aliphatic carbocycles. The Labute approximate surface area is 104 Å². The summed E-state index contributed by atoms with van der Waals surface area (Å²) < 4.78 is 5.05. The molecule has 0 N–H and O–H groups in total. The quantitative estimate of drug-likeness (QED) is 0.765. The highest BCUT2D eigenvalue weighted by Gasteiger charge is 2.29. The zero-order chi connectivity index (χ0) is 11.7. The van der Waals surface area contributed by atoms with Crippen LogP contribution in [0.25, 0.3) is 0 Å². The van der Waals surface area contributed by atoms with E-state index in [2.05, 4.69) is 0 Å². The number of carbonyl (C=O) groups is 1. The number of rotatable bonds is 2. The van der Waals surface area contributed by atoms with Crippen LogP contribution in [-0.2, 0) is 4.79 Å². The number of halogens is 2. The number of carbonyl (C=O) groups excluding carboxylic acids is 1. The van der Waals surface area contributed by atoms with Crippen LogP contribution >= 0.6 is 23.2 Å². The summed E-state index contributed by atoms with van der Waals surface area (Å²) >= 11 is 11.9. The molecule has 1 aliphatic heterocycles. The Balaban J connectivity index is 2.28.